The van der Waals surface area contributed by atoms with Crippen molar-refractivity contribution in [2.75, 3.05) is 11.1 Å². The van der Waals surface area contributed by atoms with Crippen LogP contribution in [0, 0.1) is 5.41 Å². The Morgan fingerprint density at radius 3 is 2.50 bits per heavy atom. The zero-order chi connectivity index (χ0) is 19.9. The predicted molar refractivity (Wildman–Crippen MR) is 105 cm³/mol. The van der Waals surface area contributed by atoms with Gasteiger partial charge in [-0.3, -0.25) is 14.5 Å². The number of nitrogens with zero attached hydrogens (tertiary/aromatic N) is 3. The van der Waals surface area contributed by atoms with Crippen molar-refractivity contribution in [3.63, 3.8) is 0 Å². The van der Waals surface area contributed by atoms with Crippen molar-refractivity contribution in [2.24, 2.45) is 5.41 Å². The third-order valence-corrected chi connectivity index (χ3v) is 6.28. The molecule has 3 fully saturated rings. The van der Waals surface area contributed by atoms with Crippen LogP contribution in [-0.4, -0.2) is 32.8 Å². The highest BCUT2D eigenvalue weighted by Gasteiger charge is 2.55. The van der Waals surface area contributed by atoms with Crippen molar-refractivity contribution in [1.29, 1.82) is 0 Å². The number of aromatic nitrogens is 2. The Morgan fingerprint density at radius 2 is 1.89 bits per heavy atom. The van der Waals surface area contributed by atoms with E-state index in [2.05, 4.69) is 20.6 Å². The van der Waals surface area contributed by atoms with Crippen molar-refractivity contribution in [3.05, 3.63) is 35.4 Å². The Hall–Kier alpha value is -2.90. The Balaban J connectivity index is 1.57. The number of amides is 2. The number of hydrogen-bond acceptors (Lipinski definition) is 6. The fraction of sp³-hybridized carbons (Fsp3) is 0.500. The molecular formula is C20H26N6O2. The molecule has 2 spiro atoms. The molecule has 1 saturated heterocycles. The highest BCUT2D eigenvalue weighted by atomic mass is 16.2. The van der Waals surface area contributed by atoms with Crippen molar-refractivity contribution in [2.45, 2.75) is 58.0 Å². The first-order valence-electron chi connectivity index (χ1n) is 9.67. The molecule has 28 heavy (non-hydrogen) atoms. The normalized spacial score (nSPS) is 24.3. The molecule has 4 rings (SSSR count). The molecule has 2 saturated carbocycles. The zero-order valence-electron chi connectivity index (χ0n) is 16.3. The lowest BCUT2D eigenvalue weighted by atomic mass is 9.79. The standard InChI is InChI=1S/C20H26N6O2/c1-13(9-14(2)24-16-10-15(21)22-11-23-16)17-18(28)25-20(26(17)12-27)7-5-19(3-4-19)6-8-20/h9-12H,3-8H2,1-2H3,(H,25,28)(H3,21,22,23,24)/b14-9+,17-13-. The molecule has 3 aliphatic rings. The van der Waals surface area contributed by atoms with Crippen molar-refractivity contribution in [1.82, 2.24) is 20.2 Å². The van der Waals surface area contributed by atoms with Gasteiger partial charge in [0.05, 0.1) is 0 Å². The van der Waals surface area contributed by atoms with Crippen LogP contribution in [0.15, 0.2) is 35.4 Å². The van der Waals surface area contributed by atoms with Crippen LogP contribution in [0.25, 0.3) is 0 Å². The molecule has 8 heteroatoms. The van der Waals surface area contributed by atoms with Crippen molar-refractivity contribution >= 4 is 24.0 Å². The molecule has 0 atom stereocenters. The van der Waals surface area contributed by atoms with Crippen LogP contribution in [0.5, 0.6) is 0 Å². The van der Waals surface area contributed by atoms with Crippen LogP contribution in [0.1, 0.15) is 52.4 Å². The molecule has 0 radical (unpaired) electrons. The van der Waals surface area contributed by atoms with Gasteiger partial charge in [-0.05, 0) is 69.4 Å². The molecule has 2 amide bonds. The van der Waals surface area contributed by atoms with Gasteiger partial charge in [-0.2, -0.15) is 0 Å². The lowest BCUT2D eigenvalue weighted by Crippen LogP contribution is -2.53. The molecule has 148 valence electrons. The second-order valence-electron chi connectivity index (χ2n) is 8.27. The Morgan fingerprint density at radius 1 is 1.21 bits per heavy atom. The first kappa shape index (κ1) is 18.5. The summed E-state index contributed by atoms with van der Waals surface area (Å²) >= 11 is 0. The average molecular weight is 382 g/mol. The van der Waals surface area contributed by atoms with Gasteiger partial charge in [-0.15, -0.1) is 0 Å². The molecule has 0 bridgehead atoms. The van der Waals surface area contributed by atoms with Gasteiger partial charge >= 0.3 is 0 Å². The number of allylic oxidation sites excluding steroid dienone is 3. The van der Waals surface area contributed by atoms with Crippen LogP contribution < -0.4 is 16.4 Å². The molecule has 2 aliphatic carbocycles. The minimum absolute atomic E-state index is 0.188. The van der Waals surface area contributed by atoms with Gasteiger partial charge in [-0.1, -0.05) is 0 Å². The maximum atomic E-state index is 12.8. The fourth-order valence-electron chi connectivity index (χ4n) is 4.49. The first-order chi connectivity index (χ1) is 13.4. The lowest BCUT2D eigenvalue weighted by molar-refractivity contribution is -0.122. The highest BCUT2D eigenvalue weighted by molar-refractivity contribution is 5.99. The third-order valence-electron chi connectivity index (χ3n) is 6.28. The second kappa shape index (κ2) is 6.61. The molecule has 1 aromatic heterocycles. The van der Waals surface area contributed by atoms with Crippen LogP contribution in [-0.2, 0) is 9.59 Å². The Bertz CT molecular complexity index is 876. The van der Waals surface area contributed by atoms with Gasteiger partial charge in [0.25, 0.3) is 5.91 Å². The highest BCUT2D eigenvalue weighted by Crippen LogP contribution is 2.59. The van der Waals surface area contributed by atoms with Crippen LogP contribution in [0.2, 0.25) is 0 Å². The minimum atomic E-state index is -0.570. The van der Waals surface area contributed by atoms with Gasteiger partial charge in [0.15, 0.2) is 0 Å². The van der Waals surface area contributed by atoms with Crippen LogP contribution in [0.4, 0.5) is 11.6 Å². The summed E-state index contributed by atoms with van der Waals surface area (Å²) in [5, 5.41) is 6.24. The van der Waals surface area contributed by atoms with Crippen LogP contribution >= 0.6 is 0 Å². The Labute approximate surface area is 164 Å². The average Bonchev–Trinajstić information content (AvgIpc) is 3.34. The number of carbonyl (C=O) groups is 2. The molecule has 4 N–H and O–H groups in total. The van der Waals surface area contributed by atoms with E-state index in [1.165, 1.54) is 19.2 Å². The smallest absolute Gasteiger partial charge is 0.270 e. The largest absolute Gasteiger partial charge is 0.384 e. The number of nitrogens with one attached hydrogen (secondary N) is 2. The van der Waals surface area contributed by atoms with Crippen molar-refractivity contribution in [3.8, 4) is 0 Å². The number of rotatable bonds is 4. The lowest BCUT2D eigenvalue weighted by Gasteiger charge is -2.41. The molecular weight excluding hydrogens is 356 g/mol. The van der Waals surface area contributed by atoms with E-state index in [0.29, 0.717) is 22.7 Å². The zero-order valence-corrected chi connectivity index (χ0v) is 16.3. The topological polar surface area (TPSA) is 113 Å². The molecule has 2 heterocycles. The minimum Gasteiger partial charge on any atom is -0.384 e. The predicted octanol–water partition coefficient (Wildman–Crippen LogP) is 2.29. The van der Waals surface area contributed by atoms with E-state index < -0.39 is 5.66 Å². The summed E-state index contributed by atoms with van der Waals surface area (Å²) in [5.41, 5.74) is 7.51. The van der Waals surface area contributed by atoms with Gasteiger partial charge in [0, 0.05) is 11.8 Å². The molecule has 1 aromatic rings. The third kappa shape index (κ3) is 3.23. The van der Waals surface area contributed by atoms with Gasteiger partial charge in [0.1, 0.15) is 29.3 Å². The fourth-order valence-corrected chi connectivity index (χ4v) is 4.49. The summed E-state index contributed by atoms with van der Waals surface area (Å²) in [5.74, 6) is 0.752. The monoisotopic (exact) mass is 382 g/mol. The number of nitrogen functional groups attached to an aromatic ring is 1. The quantitative estimate of drug-likeness (QED) is 0.544. The van der Waals surface area contributed by atoms with E-state index in [4.69, 9.17) is 5.73 Å². The summed E-state index contributed by atoms with van der Waals surface area (Å²) in [7, 11) is 0. The van der Waals surface area contributed by atoms with E-state index in [-0.39, 0.29) is 5.91 Å². The molecule has 0 unspecified atom stereocenters. The summed E-state index contributed by atoms with van der Waals surface area (Å²) < 4.78 is 0. The Kier molecular flexibility index (Phi) is 4.36. The SMILES string of the molecule is CC(/C=C(\C)Nc1cc(N)ncn1)=C1\C(=O)NC2(CCC3(CC3)CC2)N1C=O. The van der Waals surface area contributed by atoms with Crippen LogP contribution in [0.3, 0.4) is 0 Å². The molecule has 1 aliphatic heterocycles. The molecule has 8 nitrogen and oxygen atoms in total. The van der Waals surface area contributed by atoms with Gasteiger partial charge < -0.3 is 16.4 Å². The second-order valence-corrected chi connectivity index (χ2v) is 8.27. The van der Waals surface area contributed by atoms with Crippen molar-refractivity contribution < 1.29 is 9.59 Å². The van der Waals surface area contributed by atoms with E-state index in [9.17, 15) is 9.59 Å². The molecule has 0 aromatic carbocycles. The van der Waals surface area contributed by atoms with Gasteiger partial charge in [0.2, 0.25) is 6.41 Å². The number of anilines is 2. The maximum Gasteiger partial charge on any atom is 0.270 e. The number of nitrogens with two attached hydrogens (primary N) is 1. The summed E-state index contributed by atoms with van der Waals surface area (Å²) in [6, 6.07) is 1.63. The van der Waals surface area contributed by atoms with E-state index >= 15 is 0 Å². The maximum absolute atomic E-state index is 12.8. The van der Waals surface area contributed by atoms with E-state index in [1.807, 2.05) is 19.9 Å². The summed E-state index contributed by atoms with van der Waals surface area (Å²) in [4.78, 5) is 34.3. The van der Waals surface area contributed by atoms with E-state index in [0.717, 1.165) is 43.4 Å². The van der Waals surface area contributed by atoms with Gasteiger partial charge in [-0.25, -0.2) is 9.97 Å². The summed E-state index contributed by atoms with van der Waals surface area (Å²) in [6.45, 7) is 3.71. The first-order valence-corrected chi connectivity index (χ1v) is 9.67. The summed E-state index contributed by atoms with van der Waals surface area (Å²) in [6.07, 6.45) is 10.3. The number of carbonyl (C=O) groups excluding carboxylic acids is 2. The van der Waals surface area contributed by atoms with E-state index in [1.54, 1.807) is 11.0 Å². The number of hydrogen-bond donors (Lipinski definition) is 3.